The summed E-state index contributed by atoms with van der Waals surface area (Å²) in [6.45, 7) is 18.0. The van der Waals surface area contributed by atoms with Crippen LogP contribution in [-0.4, -0.2) is 18.5 Å². The van der Waals surface area contributed by atoms with Crippen LogP contribution < -0.4 is 5.54 Å². The van der Waals surface area contributed by atoms with E-state index in [9.17, 15) is 19.3 Å². The van der Waals surface area contributed by atoms with Gasteiger partial charge in [-0.3, -0.25) is 14.4 Å². The van der Waals surface area contributed by atoms with Crippen LogP contribution in [0.3, 0.4) is 0 Å². The normalized spacial score (nSPS) is 36.3. The lowest BCUT2D eigenvalue weighted by Crippen LogP contribution is -2.54. The molecule has 6 heteroatoms. The van der Waals surface area contributed by atoms with E-state index in [1.807, 2.05) is 19.9 Å². The van der Waals surface area contributed by atoms with Gasteiger partial charge in [-0.15, -0.1) is 4.48 Å². The molecule has 0 saturated heterocycles. The number of nitriles is 1. The lowest BCUT2D eigenvalue weighted by molar-refractivity contribution is -0.131. The first-order valence-electron chi connectivity index (χ1n) is 13.7. The molecule has 3 atom stereocenters. The fourth-order valence-electron chi connectivity index (χ4n) is 7.66. The minimum atomic E-state index is -0.601. The van der Waals surface area contributed by atoms with Gasteiger partial charge in [0.15, 0.2) is 5.78 Å². The second kappa shape index (κ2) is 11.2. The Morgan fingerprint density at radius 2 is 1.65 bits per heavy atom. The number of carbonyl (C=O) groups excluding carboxylic acids is 3. The van der Waals surface area contributed by atoms with Gasteiger partial charge in [-0.2, -0.15) is 10.8 Å². The predicted molar refractivity (Wildman–Crippen MR) is 145 cm³/mol. The minimum Gasteiger partial charge on any atom is -0.299 e. The van der Waals surface area contributed by atoms with Crippen molar-refractivity contribution in [2.45, 2.75) is 107 Å². The molecule has 0 aromatic heterocycles. The highest BCUT2D eigenvalue weighted by molar-refractivity contribution is 6.04. The van der Waals surface area contributed by atoms with Crippen LogP contribution in [-0.2, 0) is 14.4 Å². The zero-order valence-corrected chi connectivity index (χ0v) is 24.2. The molecule has 0 heterocycles. The Bertz CT molecular complexity index is 975. The number of amides is 1. The lowest BCUT2D eigenvalue weighted by Gasteiger charge is -2.59. The van der Waals surface area contributed by atoms with Crippen molar-refractivity contribution in [2.24, 2.45) is 38.9 Å². The van der Waals surface area contributed by atoms with E-state index in [1.54, 1.807) is 6.08 Å². The van der Waals surface area contributed by atoms with Crippen molar-refractivity contribution in [1.82, 2.24) is 5.54 Å². The molecule has 1 amide bonds. The van der Waals surface area contributed by atoms with Crippen molar-refractivity contribution >= 4 is 18.5 Å². The first-order valence-corrected chi connectivity index (χ1v) is 13.7. The molecule has 1 N–H and O–H groups in total. The van der Waals surface area contributed by atoms with Gasteiger partial charge in [0.2, 0.25) is 6.41 Å². The van der Waals surface area contributed by atoms with Crippen LogP contribution in [0.25, 0.3) is 0 Å². The Balaban J connectivity index is 0.00000112. The molecule has 3 unspecified atom stereocenters. The maximum atomic E-state index is 13.0. The van der Waals surface area contributed by atoms with Crippen molar-refractivity contribution < 1.29 is 18.9 Å². The van der Waals surface area contributed by atoms with Crippen molar-refractivity contribution in [3.8, 4) is 6.07 Å². The monoisotopic (exact) mass is 514 g/mol. The number of fused-ring (bicyclic) bond motifs is 1. The second-order valence-corrected chi connectivity index (χ2v) is 14.1. The van der Waals surface area contributed by atoms with Gasteiger partial charge in [0.25, 0.3) is 0 Å². The van der Waals surface area contributed by atoms with E-state index in [0.717, 1.165) is 30.2 Å². The molecule has 3 rings (SSSR count). The van der Waals surface area contributed by atoms with E-state index in [1.165, 1.54) is 38.5 Å². The average Bonchev–Trinajstić information content (AvgIpc) is 2.83. The summed E-state index contributed by atoms with van der Waals surface area (Å²) in [7, 11) is 0. The van der Waals surface area contributed by atoms with E-state index < -0.39 is 10.8 Å². The third-order valence-corrected chi connectivity index (χ3v) is 9.99. The molecular formula is C31H47FN2O3. The van der Waals surface area contributed by atoms with Gasteiger partial charge in [0, 0.05) is 10.8 Å². The van der Waals surface area contributed by atoms with E-state index >= 15 is 0 Å². The summed E-state index contributed by atoms with van der Waals surface area (Å²) in [4.78, 5) is 33.6. The van der Waals surface area contributed by atoms with Crippen LogP contribution in [0.2, 0.25) is 0 Å². The third kappa shape index (κ3) is 6.24. The van der Waals surface area contributed by atoms with Crippen LogP contribution in [0.1, 0.15) is 107 Å². The number of Topliss-reactive ketones (excluding diaryl/α,β-unsaturated/α-hetero) is 1. The molecule has 0 aromatic carbocycles. The summed E-state index contributed by atoms with van der Waals surface area (Å²) in [5, 5.41) is 9.73. The summed E-state index contributed by atoms with van der Waals surface area (Å²) >= 11 is 0. The van der Waals surface area contributed by atoms with Crippen molar-refractivity contribution in [3.05, 3.63) is 23.3 Å². The Morgan fingerprint density at radius 3 is 2.11 bits per heavy atom. The van der Waals surface area contributed by atoms with Gasteiger partial charge < -0.3 is 0 Å². The summed E-state index contributed by atoms with van der Waals surface area (Å²) in [6.07, 6.45) is 13.9. The molecule has 5 nitrogen and oxygen atoms in total. The average molecular weight is 515 g/mol. The largest absolute Gasteiger partial charge is 0.299 e. The number of hydrogen-bond acceptors (Lipinski definition) is 4. The highest BCUT2D eigenvalue weighted by Gasteiger charge is 2.59. The van der Waals surface area contributed by atoms with Gasteiger partial charge in [0.05, 0.1) is 5.57 Å². The van der Waals surface area contributed by atoms with Crippen molar-refractivity contribution in [1.29, 1.82) is 5.26 Å². The van der Waals surface area contributed by atoms with Gasteiger partial charge >= 0.3 is 0 Å². The molecule has 0 aromatic rings. The molecule has 0 spiro atoms. The lowest BCUT2D eigenvalue weighted by atomic mass is 9.43. The number of halogens is 1. The van der Waals surface area contributed by atoms with Crippen LogP contribution >= 0.6 is 0 Å². The predicted octanol–water partition coefficient (Wildman–Crippen LogP) is 7.23. The molecule has 3 aliphatic rings. The van der Waals surface area contributed by atoms with Gasteiger partial charge in [-0.05, 0) is 85.5 Å². The first kappa shape index (κ1) is 30.9. The molecule has 2 fully saturated rings. The molecule has 2 saturated carbocycles. The summed E-state index contributed by atoms with van der Waals surface area (Å²) < 4.78 is 10.1. The van der Waals surface area contributed by atoms with Crippen molar-refractivity contribution in [3.63, 3.8) is 0 Å². The maximum absolute atomic E-state index is 13.0. The molecule has 0 bridgehead atoms. The molecule has 37 heavy (non-hydrogen) atoms. The second-order valence-electron chi connectivity index (χ2n) is 14.1. The third-order valence-electron chi connectivity index (χ3n) is 9.99. The van der Waals surface area contributed by atoms with E-state index in [4.69, 9.17) is 4.79 Å². The molecule has 0 aliphatic heterocycles. The van der Waals surface area contributed by atoms with E-state index in [2.05, 4.69) is 47.6 Å². The quantitative estimate of drug-likeness (QED) is 0.238. The minimum absolute atomic E-state index is 0.0417. The Hall–Kier alpha value is -2.29. The number of nitrogens with zero attached hydrogens (tertiary/aromatic N) is 1. The highest BCUT2D eigenvalue weighted by Crippen LogP contribution is 2.65. The zero-order chi connectivity index (χ0) is 28.3. The van der Waals surface area contributed by atoms with Crippen LogP contribution in [0.5, 0.6) is 0 Å². The van der Waals surface area contributed by atoms with Gasteiger partial charge in [0.1, 0.15) is 12.4 Å². The highest BCUT2D eigenvalue weighted by atomic mass is 19.2. The summed E-state index contributed by atoms with van der Waals surface area (Å²) in [5.74, 6) is 0.590. The van der Waals surface area contributed by atoms with E-state index in [-0.39, 0.29) is 29.1 Å². The number of allylic oxidation sites excluding steroid dienone is 4. The van der Waals surface area contributed by atoms with Gasteiger partial charge in [-0.1, -0.05) is 67.0 Å². The molecular weight excluding hydrogens is 467 g/mol. The number of carbonyl (C=O) groups is 3. The maximum Gasteiger partial charge on any atom is 0.234 e. The standard InChI is InChI=1S/C30H45NO2.CH2FNO/c1-26(2,3)16-17-28(6)13-9-22(10-14-28)29(7)15-11-23-27(4,5)25(33)21(20-31)19-30(23,8)24(29)12-18-32;2-3-1-4/h12,18-19,22-23H,9-11,13-17H2,1-8H3;1H,(H,3,4)/b24-12+;. The Morgan fingerprint density at radius 1 is 1.08 bits per heavy atom. The zero-order valence-electron chi connectivity index (χ0n) is 24.2. The Kier molecular flexibility index (Phi) is 9.38. The van der Waals surface area contributed by atoms with Crippen LogP contribution in [0, 0.1) is 50.2 Å². The number of nitrogens with one attached hydrogen (secondary N) is 1. The Labute approximate surface area is 223 Å². The fraction of sp³-hybridized carbons (Fsp3) is 0.742. The van der Waals surface area contributed by atoms with E-state index in [0.29, 0.717) is 16.7 Å². The smallest absolute Gasteiger partial charge is 0.234 e. The number of hydrogen-bond donors (Lipinski definition) is 1. The first-order chi connectivity index (χ1) is 17.0. The fourth-order valence-corrected chi connectivity index (χ4v) is 7.66. The van der Waals surface area contributed by atoms with Gasteiger partial charge in [-0.25, -0.2) is 0 Å². The molecule has 0 radical (unpaired) electrons. The summed E-state index contributed by atoms with van der Waals surface area (Å²) in [5.41, 5.74) is 1.82. The van der Waals surface area contributed by atoms with Crippen LogP contribution in [0.15, 0.2) is 23.3 Å². The number of ketones is 1. The SMILES string of the molecule is CC(C)(C)CCC1(C)CCC(C2(C)CCC3C(C)(C)C(=O)C(C#N)=CC3(C)/C2=C/C=O)CC1.O=CNF. The van der Waals surface area contributed by atoms with Crippen molar-refractivity contribution in [2.75, 3.05) is 0 Å². The summed E-state index contributed by atoms with van der Waals surface area (Å²) in [6, 6.07) is 2.17. The van der Waals surface area contributed by atoms with Crippen LogP contribution in [0.4, 0.5) is 4.48 Å². The number of rotatable bonds is 5. The number of aldehydes is 1. The molecule has 3 aliphatic carbocycles. The topological polar surface area (TPSA) is 87.0 Å². The molecule has 206 valence electrons.